The highest BCUT2D eigenvalue weighted by atomic mass is 35.5. The van der Waals surface area contributed by atoms with Gasteiger partial charge in [0.1, 0.15) is 5.75 Å². The summed E-state index contributed by atoms with van der Waals surface area (Å²) in [7, 11) is 1.62. The molecule has 0 aliphatic carbocycles. The molecule has 1 aliphatic heterocycles. The summed E-state index contributed by atoms with van der Waals surface area (Å²) in [5.74, 6) is 0.663. The second-order valence-electron chi connectivity index (χ2n) is 8.72. The van der Waals surface area contributed by atoms with E-state index in [1.807, 2.05) is 42.5 Å². The van der Waals surface area contributed by atoms with E-state index in [2.05, 4.69) is 28.9 Å². The average molecular weight is 524 g/mol. The van der Waals surface area contributed by atoms with Crippen LogP contribution in [0.3, 0.4) is 0 Å². The summed E-state index contributed by atoms with van der Waals surface area (Å²) < 4.78 is 5.34. The van der Waals surface area contributed by atoms with E-state index in [-0.39, 0.29) is 18.4 Å². The van der Waals surface area contributed by atoms with Crippen LogP contribution < -0.4 is 9.64 Å². The van der Waals surface area contributed by atoms with Gasteiger partial charge in [0.05, 0.1) is 18.2 Å². The van der Waals surface area contributed by atoms with Crippen molar-refractivity contribution in [2.45, 2.75) is 38.3 Å². The number of fused-ring (bicyclic) bond motifs is 1. The van der Waals surface area contributed by atoms with Crippen LogP contribution in [0.5, 0.6) is 5.75 Å². The summed E-state index contributed by atoms with van der Waals surface area (Å²) in [6.45, 7) is 5.86. The predicted molar refractivity (Wildman–Crippen MR) is 146 cm³/mol. The van der Waals surface area contributed by atoms with Gasteiger partial charge >= 0.3 is 0 Å². The van der Waals surface area contributed by atoms with E-state index in [0.29, 0.717) is 10.8 Å². The van der Waals surface area contributed by atoms with Crippen LogP contribution in [0, 0.1) is 0 Å². The molecule has 4 rings (SSSR count). The third kappa shape index (κ3) is 5.92. The first-order valence-electron chi connectivity index (χ1n) is 11.7. The van der Waals surface area contributed by atoms with E-state index in [1.54, 1.807) is 7.11 Å². The molecule has 0 radical (unpaired) electrons. The molecule has 7 heteroatoms. The average Bonchev–Trinajstić information content (AvgIpc) is 2.84. The van der Waals surface area contributed by atoms with Gasteiger partial charge in [0, 0.05) is 48.3 Å². The number of nitrogens with zero attached hydrogens (tertiary/aromatic N) is 2. The minimum Gasteiger partial charge on any atom is -0.495 e. The lowest BCUT2D eigenvalue weighted by Gasteiger charge is -2.42. The molecule has 0 bridgehead atoms. The van der Waals surface area contributed by atoms with Crippen LogP contribution in [0.25, 0.3) is 10.8 Å². The molecule has 1 heterocycles. The highest BCUT2D eigenvalue weighted by Gasteiger charge is 2.30. The summed E-state index contributed by atoms with van der Waals surface area (Å²) >= 11 is 12.7. The van der Waals surface area contributed by atoms with Crippen LogP contribution in [-0.4, -0.2) is 49.3 Å². The predicted octanol–water partition coefficient (Wildman–Crippen LogP) is 6.99. The zero-order valence-electron chi connectivity index (χ0n) is 19.7. The molecule has 0 aromatic heterocycles. The molecule has 1 fully saturated rings. The fourth-order valence-corrected chi connectivity index (χ4v) is 5.29. The van der Waals surface area contributed by atoms with Crippen LogP contribution >= 0.6 is 35.6 Å². The number of piperazine rings is 1. The monoisotopic (exact) mass is 522 g/mol. The largest absolute Gasteiger partial charge is 0.495 e. The molecular formula is C27H33Cl3N2O2. The third-order valence-electron chi connectivity index (χ3n) is 6.68. The molecule has 34 heavy (non-hydrogen) atoms. The Kier molecular flexibility index (Phi) is 9.75. The van der Waals surface area contributed by atoms with Crippen molar-refractivity contribution < 1.29 is 9.84 Å². The molecule has 2 unspecified atom stereocenters. The van der Waals surface area contributed by atoms with E-state index in [0.717, 1.165) is 72.5 Å². The van der Waals surface area contributed by atoms with Gasteiger partial charge in [0.25, 0.3) is 0 Å². The summed E-state index contributed by atoms with van der Waals surface area (Å²) in [6, 6.07) is 18.1. The fourth-order valence-electron chi connectivity index (χ4n) is 4.79. The van der Waals surface area contributed by atoms with Gasteiger partial charge in [0.15, 0.2) is 0 Å². The van der Waals surface area contributed by atoms with Crippen molar-refractivity contribution in [3.8, 4) is 5.75 Å². The number of anilines is 1. The van der Waals surface area contributed by atoms with Crippen molar-refractivity contribution in [1.82, 2.24) is 4.90 Å². The Bertz CT molecular complexity index is 1090. The van der Waals surface area contributed by atoms with Gasteiger partial charge in [-0.25, -0.2) is 0 Å². The van der Waals surface area contributed by atoms with Crippen molar-refractivity contribution in [2.75, 3.05) is 38.2 Å². The Morgan fingerprint density at radius 3 is 2.44 bits per heavy atom. The highest BCUT2D eigenvalue weighted by Crippen LogP contribution is 2.35. The molecule has 2 atom stereocenters. The zero-order chi connectivity index (χ0) is 23.4. The zero-order valence-corrected chi connectivity index (χ0v) is 22.0. The number of halogens is 3. The van der Waals surface area contributed by atoms with Gasteiger partial charge in [-0.2, -0.15) is 0 Å². The van der Waals surface area contributed by atoms with Gasteiger partial charge in [-0.15, -0.1) is 12.4 Å². The number of rotatable bonds is 8. The first kappa shape index (κ1) is 26.9. The van der Waals surface area contributed by atoms with Crippen molar-refractivity contribution >= 4 is 52.1 Å². The summed E-state index contributed by atoms with van der Waals surface area (Å²) in [6.07, 6.45) is 2.61. The highest BCUT2D eigenvalue weighted by molar-refractivity contribution is 6.37. The van der Waals surface area contributed by atoms with Crippen molar-refractivity contribution in [3.63, 3.8) is 0 Å². The smallest absolute Gasteiger partial charge is 0.138 e. The fraction of sp³-hybridized carbons (Fsp3) is 0.407. The molecule has 3 aromatic rings. The molecule has 184 valence electrons. The first-order valence-corrected chi connectivity index (χ1v) is 12.5. The Hall–Kier alpha value is -1.69. The first-order chi connectivity index (χ1) is 16.0. The van der Waals surface area contributed by atoms with Crippen LogP contribution in [0.15, 0.2) is 54.6 Å². The minimum absolute atomic E-state index is 0. The SMILES string of the molecule is CCCCC(C(O)c1ccc2c(Cl)c(OC)ccc2c1)N1CCN(c2cccc(Cl)c2)CC1.Cl. The van der Waals surface area contributed by atoms with Gasteiger partial charge in [-0.05, 0) is 47.7 Å². The van der Waals surface area contributed by atoms with Crippen LogP contribution in [0.1, 0.15) is 37.9 Å². The van der Waals surface area contributed by atoms with Gasteiger partial charge in [-0.1, -0.05) is 67.2 Å². The lowest BCUT2D eigenvalue weighted by molar-refractivity contribution is 0.0386. The summed E-state index contributed by atoms with van der Waals surface area (Å²) in [4.78, 5) is 4.82. The lowest BCUT2D eigenvalue weighted by atomic mass is 9.94. The Morgan fingerprint density at radius 1 is 1.00 bits per heavy atom. The maximum absolute atomic E-state index is 11.5. The molecule has 1 saturated heterocycles. The van der Waals surface area contributed by atoms with Gasteiger partial charge in [0.2, 0.25) is 0 Å². The number of hydrogen-bond donors (Lipinski definition) is 1. The summed E-state index contributed by atoms with van der Waals surface area (Å²) in [5, 5.41) is 14.8. The Labute approximate surface area is 218 Å². The van der Waals surface area contributed by atoms with E-state index < -0.39 is 6.10 Å². The normalized spacial score (nSPS) is 16.2. The number of benzene rings is 3. The number of aliphatic hydroxyl groups excluding tert-OH is 1. The number of methoxy groups -OCH3 is 1. The van der Waals surface area contributed by atoms with Crippen molar-refractivity contribution in [3.05, 3.63) is 70.2 Å². The molecule has 0 saturated carbocycles. The van der Waals surface area contributed by atoms with Crippen LogP contribution in [0.2, 0.25) is 10.0 Å². The second kappa shape index (κ2) is 12.3. The van der Waals surface area contributed by atoms with Crippen LogP contribution in [0.4, 0.5) is 5.69 Å². The lowest BCUT2D eigenvalue weighted by Crippen LogP contribution is -2.52. The number of hydrogen-bond acceptors (Lipinski definition) is 4. The maximum atomic E-state index is 11.5. The topological polar surface area (TPSA) is 35.9 Å². The number of unbranched alkanes of at least 4 members (excludes halogenated alkanes) is 1. The third-order valence-corrected chi connectivity index (χ3v) is 7.30. The molecule has 4 nitrogen and oxygen atoms in total. The van der Waals surface area contributed by atoms with Gasteiger partial charge in [-0.3, -0.25) is 4.90 Å². The molecule has 1 N–H and O–H groups in total. The second-order valence-corrected chi connectivity index (χ2v) is 9.53. The maximum Gasteiger partial charge on any atom is 0.138 e. The Morgan fingerprint density at radius 2 is 1.76 bits per heavy atom. The summed E-state index contributed by atoms with van der Waals surface area (Å²) in [5.41, 5.74) is 2.09. The Balaban J connectivity index is 0.00000324. The van der Waals surface area contributed by atoms with E-state index >= 15 is 0 Å². The number of aliphatic hydroxyl groups is 1. The molecule has 0 spiro atoms. The van der Waals surface area contributed by atoms with E-state index in [4.69, 9.17) is 27.9 Å². The van der Waals surface area contributed by atoms with Gasteiger partial charge < -0.3 is 14.7 Å². The van der Waals surface area contributed by atoms with Crippen molar-refractivity contribution in [2.24, 2.45) is 0 Å². The van der Waals surface area contributed by atoms with Crippen LogP contribution in [-0.2, 0) is 0 Å². The minimum atomic E-state index is -0.556. The van der Waals surface area contributed by atoms with Crippen molar-refractivity contribution in [1.29, 1.82) is 0 Å². The van der Waals surface area contributed by atoms with E-state index in [1.165, 1.54) is 0 Å². The molecule has 3 aromatic carbocycles. The quantitative estimate of drug-likeness (QED) is 0.345. The van der Waals surface area contributed by atoms with E-state index in [9.17, 15) is 5.11 Å². The molecule has 1 aliphatic rings. The number of ether oxygens (including phenoxy) is 1. The molecule has 0 amide bonds. The standard InChI is InChI=1S/C27H32Cl2N2O2.ClH/c1-3-4-8-24(31-15-13-30(14-16-31)22-7-5-6-21(28)18-22)27(32)20-9-11-23-19(17-20)10-12-25(33-2)26(23)29;/h5-7,9-12,17-18,24,27,32H,3-4,8,13-16H2,1-2H3;1H. The molecular weight excluding hydrogens is 491 g/mol.